The van der Waals surface area contributed by atoms with Crippen molar-refractivity contribution in [3.8, 4) is 11.5 Å². The lowest BCUT2D eigenvalue weighted by Gasteiger charge is -2.10. The van der Waals surface area contributed by atoms with Crippen molar-refractivity contribution in [1.29, 1.82) is 0 Å². The number of carboxylic acids is 1. The standard InChI is InChI=1S/C13H9Cl2NO3/c14-10-3-2-8(6-11(10)15)19-12-4-1-7(16)5-9(12)13(17)18/h1-6H,16H2,(H,17,18). The summed E-state index contributed by atoms with van der Waals surface area (Å²) in [7, 11) is 0. The minimum absolute atomic E-state index is 0.0222. The second-order valence-corrected chi connectivity index (χ2v) is 4.55. The fourth-order valence-corrected chi connectivity index (χ4v) is 1.76. The molecule has 0 aliphatic carbocycles. The largest absolute Gasteiger partial charge is 0.478 e. The quantitative estimate of drug-likeness (QED) is 0.838. The molecule has 0 unspecified atom stereocenters. The molecule has 0 fully saturated rings. The molecule has 0 saturated carbocycles. The highest BCUT2D eigenvalue weighted by molar-refractivity contribution is 6.42. The first kappa shape index (κ1) is 13.5. The molecule has 0 bridgehead atoms. The number of nitrogen functional groups attached to an aromatic ring is 1. The van der Waals surface area contributed by atoms with E-state index in [0.29, 0.717) is 21.5 Å². The predicted molar refractivity (Wildman–Crippen MR) is 74.3 cm³/mol. The Morgan fingerprint density at radius 3 is 2.47 bits per heavy atom. The van der Waals surface area contributed by atoms with Crippen LogP contribution in [0.2, 0.25) is 10.0 Å². The molecule has 98 valence electrons. The van der Waals surface area contributed by atoms with Crippen LogP contribution in [-0.2, 0) is 0 Å². The van der Waals surface area contributed by atoms with Gasteiger partial charge in [0.05, 0.1) is 10.0 Å². The number of aromatic carboxylic acids is 1. The van der Waals surface area contributed by atoms with Crippen LogP contribution < -0.4 is 10.5 Å². The van der Waals surface area contributed by atoms with Crippen molar-refractivity contribution in [1.82, 2.24) is 0 Å². The summed E-state index contributed by atoms with van der Waals surface area (Å²) in [6, 6.07) is 9.04. The number of nitrogens with two attached hydrogens (primary N) is 1. The summed E-state index contributed by atoms with van der Waals surface area (Å²) in [5.74, 6) is -0.552. The molecule has 0 aliphatic rings. The summed E-state index contributed by atoms with van der Waals surface area (Å²) in [4.78, 5) is 11.1. The van der Waals surface area contributed by atoms with Crippen molar-refractivity contribution in [2.24, 2.45) is 0 Å². The molecular weight excluding hydrogens is 289 g/mol. The van der Waals surface area contributed by atoms with Crippen molar-refractivity contribution in [2.75, 3.05) is 5.73 Å². The van der Waals surface area contributed by atoms with Crippen LogP contribution in [0.5, 0.6) is 11.5 Å². The molecule has 0 spiro atoms. The van der Waals surface area contributed by atoms with Crippen molar-refractivity contribution < 1.29 is 14.6 Å². The number of benzene rings is 2. The van der Waals surface area contributed by atoms with Gasteiger partial charge in [0, 0.05) is 11.8 Å². The van der Waals surface area contributed by atoms with Crippen LogP contribution in [0.25, 0.3) is 0 Å². The van der Waals surface area contributed by atoms with Gasteiger partial charge in [0.15, 0.2) is 0 Å². The summed E-state index contributed by atoms with van der Waals surface area (Å²) in [5, 5.41) is 9.80. The molecule has 0 atom stereocenters. The fraction of sp³-hybridized carbons (Fsp3) is 0. The van der Waals surface area contributed by atoms with Gasteiger partial charge in [-0.05, 0) is 30.3 Å². The number of anilines is 1. The topological polar surface area (TPSA) is 72.5 Å². The van der Waals surface area contributed by atoms with Gasteiger partial charge in [0.25, 0.3) is 0 Å². The van der Waals surface area contributed by atoms with Gasteiger partial charge in [-0.3, -0.25) is 0 Å². The normalized spacial score (nSPS) is 10.2. The molecule has 0 heterocycles. The van der Waals surface area contributed by atoms with E-state index in [9.17, 15) is 4.79 Å². The number of halogens is 2. The summed E-state index contributed by atoms with van der Waals surface area (Å²) in [5.41, 5.74) is 5.87. The average Bonchev–Trinajstić information content (AvgIpc) is 2.36. The van der Waals surface area contributed by atoms with E-state index in [1.165, 1.54) is 18.2 Å². The Hall–Kier alpha value is -1.91. The Labute approximate surface area is 119 Å². The maximum Gasteiger partial charge on any atom is 0.339 e. The van der Waals surface area contributed by atoms with Crippen LogP contribution in [0.4, 0.5) is 5.69 Å². The molecule has 0 saturated heterocycles. The maximum atomic E-state index is 11.1. The highest BCUT2D eigenvalue weighted by Gasteiger charge is 2.13. The molecule has 0 aromatic heterocycles. The van der Waals surface area contributed by atoms with Gasteiger partial charge in [-0.1, -0.05) is 23.2 Å². The molecule has 6 heteroatoms. The van der Waals surface area contributed by atoms with Crippen molar-refractivity contribution in [3.05, 3.63) is 52.0 Å². The van der Waals surface area contributed by atoms with Gasteiger partial charge in [-0.2, -0.15) is 0 Å². The minimum atomic E-state index is -1.12. The third-order valence-corrected chi connectivity index (χ3v) is 3.09. The van der Waals surface area contributed by atoms with Gasteiger partial charge in [-0.15, -0.1) is 0 Å². The summed E-state index contributed by atoms with van der Waals surface area (Å²) < 4.78 is 5.48. The zero-order chi connectivity index (χ0) is 14.0. The van der Waals surface area contributed by atoms with Gasteiger partial charge in [-0.25, -0.2) is 4.79 Å². The predicted octanol–water partition coefficient (Wildman–Crippen LogP) is 4.07. The SMILES string of the molecule is Nc1ccc(Oc2ccc(Cl)c(Cl)c2)c(C(=O)O)c1. The third-order valence-electron chi connectivity index (χ3n) is 2.35. The van der Waals surface area contributed by atoms with Crippen LogP contribution in [0.1, 0.15) is 10.4 Å². The van der Waals surface area contributed by atoms with Crippen LogP contribution in [0.15, 0.2) is 36.4 Å². The lowest BCUT2D eigenvalue weighted by Crippen LogP contribution is -2.01. The van der Waals surface area contributed by atoms with Gasteiger partial charge in [0.2, 0.25) is 0 Å². The second kappa shape index (κ2) is 5.38. The number of carboxylic acid groups (broad SMARTS) is 1. The molecule has 19 heavy (non-hydrogen) atoms. The summed E-state index contributed by atoms with van der Waals surface area (Å²) >= 11 is 11.6. The van der Waals surface area contributed by atoms with Crippen molar-refractivity contribution >= 4 is 34.9 Å². The first-order valence-corrected chi connectivity index (χ1v) is 5.98. The lowest BCUT2D eigenvalue weighted by molar-refractivity contribution is 0.0694. The van der Waals surface area contributed by atoms with Gasteiger partial charge in [0.1, 0.15) is 17.1 Å². The Kier molecular flexibility index (Phi) is 3.83. The number of carbonyl (C=O) groups is 1. The molecule has 0 aliphatic heterocycles. The Bertz CT molecular complexity index is 644. The lowest BCUT2D eigenvalue weighted by atomic mass is 10.2. The van der Waals surface area contributed by atoms with E-state index < -0.39 is 5.97 Å². The van der Waals surface area contributed by atoms with Crippen LogP contribution in [0, 0.1) is 0 Å². The molecule has 2 aromatic rings. The van der Waals surface area contributed by atoms with Gasteiger partial charge >= 0.3 is 5.97 Å². The Balaban J connectivity index is 2.37. The van der Waals surface area contributed by atoms with E-state index >= 15 is 0 Å². The third kappa shape index (κ3) is 3.10. The molecule has 4 nitrogen and oxygen atoms in total. The van der Waals surface area contributed by atoms with Gasteiger partial charge < -0.3 is 15.6 Å². The van der Waals surface area contributed by atoms with E-state index in [1.807, 2.05) is 0 Å². The smallest absolute Gasteiger partial charge is 0.339 e. The molecule has 2 aromatic carbocycles. The van der Waals surface area contributed by atoms with Crippen molar-refractivity contribution in [2.45, 2.75) is 0 Å². The summed E-state index contributed by atoms with van der Waals surface area (Å²) in [6.45, 7) is 0. The molecule has 3 N–H and O–H groups in total. The van der Waals surface area contributed by atoms with E-state index in [4.69, 9.17) is 38.8 Å². The number of hydrogen-bond acceptors (Lipinski definition) is 3. The zero-order valence-electron chi connectivity index (χ0n) is 9.56. The fourth-order valence-electron chi connectivity index (χ4n) is 1.47. The molecule has 2 rings (SSSR count). The van der Waals surface area contributed by atoms with Crippen molar-refractivity contribution in [3.63, 3.8) is 0 Å². The second-order valence-electron chi connectivity index (χ2n) is 3.74. The molecule has 0 amide bonds. The number of ether oxygens (including phenoxy) is 1. The van der Waals surface area contributed by atoms with Crippen LogP contribution in [0.3, 0.4) is 0 Å². The highest BCUT2D eigenvalue weighted by atomic mass is 35.5. The maximum absolute atomic E-state index is 11.1. The van der Waals surface area contributed by atoms with E-state index in [-0.39, 0.29) is 11.3 Å². The molecule has 0 radical (unpaired) electrons. The first-order valence-electron chi connectivity index (χ1n) is 5.23. The summed E-state index contributed by atoms with van der Waals surface area (Å²) in [6.07, 6.45) is 0. The molecular formula is C13H9Cl2NO3. The zero-order valence-corrected chi connectivity index (χ0v) is 11.1. The minimum Gasteiger partial charge on any atom is -0.478 e. The number of hydrogen-bond donors (Lipinski definition) is 2. The highest BCUT2D eigenvalue weighted by Crippen LogP contribution is 2.31. The Morgan fingerprint density at radius 2 is 1.84 bits per heavy atom. The average molecular weight is 298 g/mol. The first-order chi connectivity index (χ1) is 8.97. The van der Waals surface area contributed by atoms with E-state index in [1.54, 1.807) is 18.2 Å². The monoisotopic (exact) mass is 297 g/mol. The van der Waals surface area contributed by atoms with Crippen LogP contribution in [-0.4, -0.2) is 11.1 Å². The van der Waals surface area contributed by atoms with E-state index in [0.717, 1.165) is 0 Å². The van der Waals surface area contributed by atoms with Crippen LogP contribution >= 0.6 is 23.2 Å². The Morgan fingerprint density at radius 1 is 1.11 bits per heavy atom. The van der Waals surface area contributed by atoms with E-state index in [2.05, 4.69) is 0 Å². The number of rotatable bonds is 3.